The third-order valence-electron chi connectivity index (χ3n) is 4.13. The van der Waals surface area contributed by atoms with Gasteiger partial charge in [-0.15, -0.1) is 0 Å². The summed E-state index contributed by atoms with van der Waals surface area (Å²) in [5.74, 6) is -1.07. The van der Waals surface area contributed by atoms with Crippen LogP contribution in [0.1, 0.15) is 10.4 Å². The average Bonchev–Trinajstić information content (AvgIpc) is 3.14. The van der Waals surface area contributed by atoms with E-state index in [0.717, 1.165) is 0 Å². The van der Waals surface area contributed by atoms with Crippen molar-refractivity contribution in [1.82, 2.24) is 14.4 Å². The van der Waals surface area contributed by atoms with Crippen LogP contribution in [0, 0.1) is 5.82 Å². The number of carbonyl (C=O) groups is 2. The van der Waals surface area contributed by atoms with Crippen LogP contribution in [0.2, 0.25) is 0 Å². The van der Waals surface area contributed by atoms with Crippen LogP contribution in [0.15, 0.2) is 42.7 Å². The Morgan fingerprint density at radius 2 is 1.67 bits per heavy atom. The summed E-state index contributed by atoms with van der Waals surface area (Å²) in [6.07, 6.45) is 3.47. The van der Waals surface area contributed by atoms with E-state index >= 15 is 0 Å². The highest BCUT2D eigenvalue weighted by atomic mass is 19.1. The number of benzene rings is 1. The fraction of sp³-hybridized carbons (Fsp3) is 0.294. The molecule has 1 saturated heterocycles. The first-order valence-electron chi connectivity index (χ1n) is 7.71. The molecule has 1 aliphatic heterocycles. The van der Waals surface area contributed by atoms with Crippen LogP contribution in [-0.2, 0) is 4.79 Å². The summed E-state index contributed by atoms with van der Waals surface area (Å²) in [6, 6.07) is 8.01. The smallest absolute Gasteiger partial charge is 0.254 e. The summed E-state index contributed by atoms with van der Waals surface area (Å²) in [5, 5.41) is 8.86. The Bertz CT molecular complexity index is 738. The molecule has 2 heterocycles. The largest absolute Gasteiger partial charge is 0.387 e. The van der Waals surface area contributed by atoms with E-state index in [2.05, 4.69) is 0 Å². The fourth-order valence-electron chi connectivity index (χ4n) is 2.79. The average molecular weight is 331 g/mol. The molecule has 126 valence electrons. The van der Waals surface area contributed by atoms with Gasteiger partial charge in [0, 0.05) is 44.1 Å². The zero-order valence-electron chi connectivity index (χ0n) is 13.1. The van der Waals surface area contributed by atoms with Crippen molar-refractivity contribution in [3.8, 4) is 5.69 Å². The molecule has 1 aromatic carbocycles. The number of aliphatic hydroxyl groups excluding tert-OH is 1. The molecule has 24 heavy (non-hydrogen) atoms. The normalized spacial score (nSPS) is 14.8. The molecular weight excluding hydrogens is 313 g/mol. The topological polar surface area (TPSA) is 65.8 Å². The van der Waals surface area contributed by atoms with E-state index in [-0.39, 0.29) is 17.4 Å². The van der Waals surface area contributed by atoms with Crippen LogP contribution in [0.4, 0.5) is 4.39 Å². The van der Waals surface area contributed by atoms with Gasteiger partial charge in [-0.05, 0) is 30.3 Å². The highest BCUT2D eigenvalue weighted by Gasteiger charge is 2.24. The summed E-state index contributed by atoms with van der Waals surface area (Å²) in [5.41, 5.74) is 0.667. The molecule has 1 N–H and O–H groups in total. The van der Waals surface area contributed by atoms with Crippen molar-refractivity contribution < 1.29 is 19.1 Å². The SMILES string of the molecule is O=C(CO)N1CCN(C(=O)c2ccc(-n3cccc3)c(F)c2)CC1. The van der Waals surface area contributed by atoms with Crippen molar-refractivity contribution >= 4 is 11.8 Å². The van der Waals surface area contributed by atoms with Gasteiger partial charge in [-0.2, -0.15) is 0 Å². The van der Waals surface area contributed by atoms with Crippen LogP contribution in [0.25, 0.3) is 5.69 Å². The minimum Gasteiger partial charge on any atom is -0.387 e. The van der Waals surface area contributed by atoms with Crippen LogP contribution in [-0.4, -0.2) is 64.1 Å². The second-order valence-corrected chi connectivity index (χ2v) is 5.59. The molecule has 0 radical (unpaired) electrons. The monoisotopic (exact) mass is 331 g/mol. The minimum atomic E-state index is -0.528. The molecule has 0 saturated carbocycles. The van der Waals surface area contributed by atoms with Crippen molar-refractivity contribution in [2.45, 2.75) is 0 Å². The summed E-state index contributed by atoms with van der Waals surface area (Å²) in [7, 11) is 0. The van der Waals surface area contributed by atoms with Gasteiger partial charge < -0.3 is 19.5 Å². The maximum absolute atomic E-state index is 14.3. The number of amides is 2. The van der Waals surface area contributed by atoms with E-state index in [1.54, 1.807) is 46.1 Å². The van der Waals surface area contributed by atoms with Gasteiger partial charge in [-0.1, -0.05) is 0 Å². The molecule has 0 aliphatic carbocycles. The second kappa shape index (κ2) is 6.84. The molecule has 0 atom stereocenters. The standard InChI is InChI=1S/C17H18FN3O3/c18-14-11-13(3-4-15(14)19-5-1-2-6-19)17(24)21-9-7-20(8-10-21)16(23)12-22/h1-6,11,22H,7-10,12H2. The number of aliphatic hydroxyl groups is 1. The van der Waals surface area contributed by atoms with Crippen LogP contribution < -0.4 is 0 Å². The Balaban J connectivity index is 1.70. The quantitative estimate of drug-likeness (QED) is 0.908. The Hall–Kier alpha value is -2.67. The highest BCUT2D eigenvalue weighted by molar-refractivity contribution is 5.94. The maximum atomic E-state index is 14.3. The first kappa shape index (κ1) is 16.2. The first-order chi connectivity index (χ1) is 11.6. The van der Waals surface area contributed by atoms with Gasteiger partial charge in [0.1, 0.15) is 12.4 Å². The lowest BCUT2D eigenvalue weighted by molar-refractivity contribution is -0.135. The van der Waals surface area contributed by atoms with E-state index in [1.165, 1.54) is 11.0 Å². The van der Waals surface area contributed by atoms with E-state index in [0.29, 0.717) is 31.9 Å². The van der Waals surface area contributed by atoms with Crippen molar-refractivity contribution in [2.24, 2.45) is 0 Å². The molecule has 7 heteroatoms. The van der Waals surface area contributed by atoms with Crippen molar-refractivity contribution in [1.29, 1.82) is 0 Å². The van der Waals surface area contributed by atoms with E-state index in [9.17, 15) is 14.0 Å². The molecule has 0 bridgehead atoms. The minimum absolute atomic E-state index is 0.260. The number of rotatable bonds is 3. The number of aromatic nitrogens is 1. The maximum Gasteiger partial charge on any atom is 0.254 e. The lowest BCUT2D eigenvalue weighted by Crippen LogP contribution is -2.51. The number of nitrogens with zero attached hydrogens (tertiary/aromatic N) is 3. The molecule has 1 aromatic heterocycles. The van der Waals surface area contributed by atoms with Crippen LogP contribution in [0.5, 0.6) is 0 Å². The van der Waals surface area contributed by atoms with Gasteiger partial charge in [0.05, 0.1) is 5.69 Å². The lowest BCUT2D eigenvalue weighted by atomic mass is 10.1. The predicted molar refractivity (Wildman–Crippen MR) is 85.3 cm³/mol. The van der Waals surface area contributed by atoms with E-state index < -0.39 is 12.4 Å². The molecule has 0 spiro atoms. The summed E-state index contributed by atoms with van der Waals surface area (Å²) < 4.78 is 15.9. The zero-order valence-corrected chi connectivity index (χ0v) is 13.1. The predicted octanol–water partition coefficient (Wildman–Crippen LogP) is 0.893. The van der Waals surface area contributed by atoms with Gasteiger partial charge in [0.2, 0.25) is 5.91 Å². The molecular formula is C17H18FN3O3. The molecule has 1 aliphatic rings. The summed E-state index contributed by atoms with van der Waals surface area (Å²) in [4.78, 5) is 27.0. The summed E-state index contributed by atoms with van der Waals surface area (Å²) in [6.45, 7) is 0.946. The number of carbonyl (C=O) groups excluding carboxylic acids is 2. The van der Waals surface area contributed by atoms with Crippen LogP contribution in [0.3, 0.4) is 0 Å². The first-order valence-corrected chi connectivity index (χ1v) is 7.71. The van der Waals surface area contributed by atoms with Crippen molar-refractivity contribution in [3.63, 3.8) is 0 Å². The molecule has 6 nitrogen and oxygen atoms in total. The number of hydrogen-bond donors (Lipinski definition) is 1. The fourth-order valence-corrected chi connectivity index (χ4v) is 2.79. The lowest BCUT2D eigenvalue weighted by Gasteiger charge is -2.34. The Morgan fingerprint density at radius 1 is 1.04 bits per heavy atom. The van der Waals surface area contributed by atoms with Gasteiger partial charge >= 0.3 is 0 Å². The molecule has 2 amide bonds. The third kappa shape index (κ3) is 3.16. The number of hydrogen-bond acceptors (Lipinski definition) is 3. The third-order valence-corrected chi connectivity index (χ3v) is 4.13. The van der Waals surface area contributed by atoms with Gasteiger partial charge in [0.15, 0.2) is 0 Å². The molecule has 0 unspecified atom stereocenters. The Kier molecular flexibility index (Phi) is 4.61. The van der Waals surface area contributed by atoms with Gasteiger partial charge in [-0.3, -0.25) is 9.59 Å². The van der Waals surface area contributed by atoms with Gasteiger partial charge in [-0.25, -0.2) is 4.39 Å². The number of piperazine rings is 1. The van der Waals surface area contributed by atoms with Crippen molar-refractivity contribution in [2.75, 3.05) is 32.8 Å². The highest BCUT2D eigenvalue weighted by Crippen LogP contribution is 2.17. The zero-order chi connectivity index (χ0) is 17.1. The van der Waals surface area contributed by atoms with Crippen LogP contribution >= 0.6 is 0 Å². The van der Waals surface area contributed by atoms with Crippen molar-refractivity contribution in [3.05, 3.63) is 54.1 Å². The van der Waals surface area contributed by atoms with Gasteiger partial charge in [0.25, 0.3) is 5.91 Å². The van der Waals surface area contributed by atoms with E-state index in [1.807, 2.05) is 0 Å². The number of halogens is 1. The summed E-state index contributed by atoms with van der Waals surface area (Å²) >= 11 is 0. The molecule has 2 aromatic rings. The Labute approximate surface area is 138 Å². The molecule has 3 rings (SSSR count). The molecule has 1 fully saturated rings. The Morgan fingerprint density at radius 3 is 2.25 bits per heavy atom. The second-order valence-electron chi connectivity index (χ2n) is 5.59. The van der Waals surface area contributed by atoms with E-state index in [4.69, 9.17) is 5.11 Å².